The summed E-state index contributed by atoms with van der Waals surface area (Å²) < 4.78 is 0. The number of pyridine rings is 1. The molecular formula is C8H10BClN2. The van der Waals surface area contributed by atoms with E-state index in [1.54, 1.807) is 6.07 Å². The van der Waals surface area contributed by atoms with Crippen LogP contribution in [-0.4, -0.2) is 18.9 Å². The van der Waals surface area contributed by atoms with Gasteiger partial charge in [-0.15, -0.1) is 0 Å². The molecule has 0 amide bonds. The number of hydrogen-bond donors (Lipinski definition) is 1. The molecule has 0 fully saturated rings. The zero-order chi connectivity index (χ0) is 9.14. The number of aromatic nitrogens is 1. The SMILES string of the molecule is [B]c1cnc(Cl)c(NC(C)C)c1. The van der Waals surface area contributed by atoms with Crippen molar-refractivity contribution in [1.29, 1.82) is 0 Å². The summed E-state index contributed by atoms with van der Waals surface area (Å²) in [5.74, 6) is 0. The van der Waals surface area contributed by atoms with Crippen molar-refractivity contribution in [3.05, 3.63) is 17.4 Å². The van der Waals surface area contributed by atoms with Crippen LogP contribution in [0.3, 0.4) is 0 Å². The van der Waals surface area contributed by atoms with Crippen LogP contribution in [0.4, 0.5) is 5.69 Å². The van der Waals surface area contributed by atoms with E-state index in [2.05, 4.69) is 10.3 Å². The van der Waals surface area contributed by atoms with Gasteiger partial charge in [-0.25, -0.2) is 4.98 Å². The molecule has 62 valence electrons. The maximum atomic E-state index is 5.81. The first kappa shape index (κ1) is 9.39. The predicted octanol–water partition coefficient (Wildman–Crippen LogP) is 1.35. The molecule has 0 bridgehead atoms. The topological polar surface area (TPSA) is 24.9 Å². The first-order chi connectivity index (χ1) is 5.59. The molecule has 1 heterocycles. The highest BCUT2D eigenvalue weighted by molar-refractivity contribution is 6.35. The van der Waals surface area contributed by atoms with E-state index in [9.17, 15) is 0 Å². The molecule has 4 heteroatoms. The minimum Gasteiger partial charge on any atom is -0.380 e. The third kappa shape index (κ3) is 2.41. The van der Waals surface area contributed by atoms with E-state index in [0.717, 1.165) is 5.69 Å². The van der Waals surface area contributed by atoms with Crippen LogP contribution in [0.1, 0.15) is 13.8 Å². The van der Waals surface area contributed by atoms with Gasteiger partial charge in [0.15, 0.2) is 5.15 Å². The Morgan fingerprint density at radius 1 is 1.58 bits per heavy atom. The second-order valence-corrected chi connectivity index (χ2v) is 3.26. The number of anilines is 1. The van der Waals surface area contributed by atoms with E-state index in [4.69, 9.17) is 19.4 Å². The van der Waals surface area contributed by atoms with E-state index in [1.165, 1.54) is 6.20 Å². The molecule has 2 radical (unpaired) electrons. The van der Waals surface area contributed by atoms with E-state index in [1.807, 2.05) is 13.8 Å². The van der Waals surface area contributed by atoms with Crippen LogP contribution in [-0.2, 0) is 0 Å². The largest absolute Gasteiger partial charge is 0.380 e. The number of halogens is 1. The summed E-state index contributed by atoms with van der Waals surface area (Å²) in [6.45, 7) is 4.05. The van der Waals surface area contributed by atoms with Crippen molar-refractivity contribution in [2.45, 2.75) is 19.9 Å². The number of rotatable bonds is 2. The van der Waals surface area contributed by atoms with Crippen molar-refractivity contribution in [1.82, 2.24) is 4.98 Å². The molecule has 0 unspecified atom stereocenters. The summed E-state index contributed by atoms with van der Waals surface area (Å²) in [4.78, 5) is 3.91. The minimum absolute atomic E-state index is 0.325. The van der Waals surface area contributed by atoms with Crippen LogP contribution < -0.4 is 10.8 Å². The highest BCUT2D eigenvalue weighted by Crippen LogP contribution is 2.16. The van der Waals surface area contributed by atoms with Crippen LogP contribution in [0.5, 0.6) is 0 Å². The van der Waals surface area contributed by atoms with Gasteiger partial charge in [0.2, 0.25) is 0 Å². The molecule has 0 spiro atoms. The number of nitrogens with zero attached hydrogens (tertiary/aromatic N) is 1. The molecule has 0 aromatic carbocycles. The molecule has 0 aliphatic heterocycles. The van der Waals surface area contributed by atoms with Crippen molar-refractivity contribution in [2.24, 2.45) is 0 Å². The van der Waals surface area contributed by atoms with Crippen LogP contribution in [0.15, 0.2) is 12.3 Å². The molecule has 12 heavy (non-hydrogen) atoms. The van der Waals surface area contributed by atoms with Crippen LogP contribution >= 0.6 is 11.6 Å². The molecule has 1 aromatic rings. The molecule has 0 saturated heterocycles. The quantitative estimate of drug-likeness (QED) is 0.549. The summed E-state index contributed by atoms with van der Waals surface area (Å²) in [5.41, 5.74) is 1.40. The smallest absolute Gasteiger partial charge is 0.152 e. The van der Waals surface area contributed by atoms with Gasteiger partial charge in [0.05, 0.1) is 5.69 Å². The monoisotopic (exact) mass is 180 g/mol. The van der Waals surface area contributed by atoms with Crippen molar-refractivity contribution in [2.75, 3.05) is 5.32 Å². The normalized spacial score (nSPS) is 10.3. The van der Waals surface area contributed by atoms with Crippen molar-refractivity contribution in [3.63, 3.8) is 0 Å². The second-order valence-electron chi connectivity index (χ2n) is 2.91. The zero-order valence-corrected chi connectivity index (χ0v) is 7.89. The Balaban J connectivity index is 2.90. The molecule has 1 N–H and O–H groups in total. The van der Waals surface area contributed by atoms with Crippen LogP contribution in [0, 0.1) is 0 Å². The van der Waals surface area contributed by atoms with E-state index < -0.39 is 0 Å². The van der Waals surface area contributed by atoms with Crippen LogP contribution in [0.2, 0.25) is 5.15 Å². The lowest BCUT2D eigenvalue weighted by atomic mass is 9.98. The fraction of sp³-hybridized carbons (Fsp3) is 0.375. The van der Waals surface area contributed by atoms with Gasteiger partial charge in [0.25, 0.3) is 0 Å². The lowest BCUT2D eigenvalue weighted by Crippen LogP contribution is -2.13. The number of hydrogen-bond acceptors (Lipinski definition) is 2. The van der Waals surface area contributed by atoms with Gasteiger partial charge in [-0.2, -0.15) is 0 Å². The first-order valence-electron chi connectivity index (χ1n) is 3.77. The predicted molar refractivity (Wildman–Crippen MR) is 53.4 cm³/mol. The second kappa shape index (κ2) is 3.81. The van der Waals surface area contributed by atoms with Crippen LogP contribution in [0.25, 0.3) is 0 Å². The average molecular weight is 180 g/mol. The average Bonchev–Trinajstić information content (AvgIpc) is 1.96. The van der Waals surface area contributed by atoms with Crippen molar-refractivity contribution >= 4 is 30.6 Å². The fourth-order valence-corrected chi connectivity index (χ4v) is 1.03. The van der Waals surface area contributed by atoms with Gasteiger partial charge in [-0.1, -0.05) is 17.1 Å². The molecule has 2 nitrogen and oxygen atoms in total. The Kier molecular flexibility index (Phi) is 2.98. The van der Waals surface area contributed by atoms with Crippen molar-refractivity contribution < 1.29 is 0 Å². The summed E-state index contributed by atoms with van der Waals surface area (Å²) in [5, 5.41) is 3.60. The minimum atomic E-state index is 0.325. The molecular weight excluding hydrogens is 170 g/mol. The third-order valence-corrected chi connectivity index (χ3v) is 1.61. The van der Waals surface area contributed by atoms with Gasteiger partial charge in [0.1, 0.15) is 7.85 Å². The number of nitrogens with one attached hydrogen (secondary N) is 1. The Labute approximate surface area is 78.8 Å². The first-order valence-corrected chi connectivity index (χ1v) is 4.15. The van der Waals surface area contributed by atoms with E-state index in [-0.39, 0.29) is 0 Å². The highest BCUT2D eigenvalue weighted by atomic mass is 35.5. The lowest BCUT2D eigenvalue weighted by molar-refractivity contribution is 0.898. The summed E-state index contributed by atoms with van der Waals surface area (Å²) >= 11 is 5.81. The van der Waals surface area contributed by atoms with E-state index >= 15 is 0 Å². The summed E-state index contributed by atoms with van der Waals surface area (Å²) in [6, 6.07) is 2.10. The van der Waals surface area contributed by atoms with Gasteiger partial charge < -0.3 is 5.32 Å². The zero-order valence-electron chi connectivity index (χ0n) is 7.13. The highest BCUT2D eigenvalue weighted by Gasteiger charge is 2.01. The van der Waals surface area contributed by atoms with Gasteiger partial charge >= 0.3 is 0 Å². The molecule has 0 aliphatic rings. The summed E-state index contributed by atoms with van der Waals surface area (Å²) in [7, 11) is 5.54. The Hall–Kier alpha value is -0.695. The van der Waals surface area contributed by atoms with E-state index in [0.29, 0.717) is 16.7 Å². The fourth-order valence-electron chi connectivity index (χ4n) is 0.876. The third-order valence-electron chi connectivity index (χ3n) is 1.30. The molecule has 0 atom stereocenters. The van der Waals surface area contributed by atoms with Gasteiger partial charge in [0, 0.05) is 12.2 Å². The maximum absolute atomic E-state index is 5.81. The molecule has 1 rings (SSSR count). The molecule has 1 aromatic heterocycles. The molecule has 0 aliphatic carbocycles. The van der Waals surface area contributed by atoms with Gasteiger partial charge in [-0.05, 0) is 19.9 Å². The summed E-state index contributed by atoms with van der Waals surface area (Å²) in [6.07, 6.45) is 1.54. The lowest BCUT2D eigenvalue weighted by Gasteiger charge is -2.11. The Bertz CT molecular complexity index is 276. The van der Waals surface area contributed by atoms with Gasteiger partial charge in [-0.3, -0.25) is 0 Å². The Morgan fingerprint density at radius 2 is 2.25 bits per heavy atom. The Morgan fingerprint density at radius 3 is 2.83 bits per heavy atom. The van der Waals surface area contributed by atoms with Crippen molar-refractivity contribution in [3.8, 4) is 0 Å². The molecule has 0 saturated carbocycles. The standard InChI is InChI=1S/C8H10BClN2/c1-5(2)12-7-3-6(9)4-11-8(7)10/h3-5,12H,1-2H3. The maximum Gasteiger partial charge on any atom is 0.152 e.